The van der Waals surface area contributed by atoms with Crippen molar-refractivity contribution < 1.29 is 4.79 Å². The Morgan fingerprint density at radius 3 is 2.65 bits per heavy atom. The number of hydrogen-bond donors (Lipinski definition) is 1. The van der Waals surface area contributed by atoms with Crippen LogP contribution in [0.15, 0.2) is 78.4 Å². The molecular weight excluding hydrogens is 340 g/mol. The SMILES string of the molecule is O=C(CCc1cccc2ccccc12)Nc1cc(-c2ccncc2)cs1. The molecule has 0 fully saturated rings. The summed E-state index contributed by atoms with van der Waals surface area (Å²) in [5.74, 6) is 0.0427. The third-order valence-corrected chi connectivity index (χ3v) is 5.22. The number of aryl methyl sites for hydroxylation is 1. The molecule has 1 amide bonds. The molecule has 0 aliphatic rings. The van der Waals surface area contributed by atoms with Gasteiger partial charge in [-0.1, -0.05) is 42.5 Å². The van der Waals surface area contributed by atoms with E-state index in [2.05, 4.69) is 46.0 Å². The number of thiophene rings is 1. The van der Waals surface area contributed by atoms with Crippen LogP contribution in [0, 0.1) is 0 Å². The highest BCUT2D eigenvalue weighted by molar-refractivity contribution is 7.14. The molecule has 4 aromatic rings. The number of aromatic nitrogens is 1. The highest BCUT2D eigenvalue weighted by Crippen LogP contribution is 2.29. The van der Waals surface area contributed by atoms with E-state index in [0.29, 0.717) is 6.42 Å². The molecule has 0 aliphatic heterocycles. The number of pyridine rings is 1. The van der Waals surface area contributed by atoms with E-state index in [1.54, 1.807) is 23.7 Å². The largest absolute Gasteiger partial charge is 0.318 e. The van der Waals surface area contributed by atoms with Crippen molar-refractivity contribution in [1.82, 2.24) is 4.98 Å². The van der Waals surface area contributed by atoms with Gasteiger partial charge in [-0.3, -0.25) is 9.78 Å². The van der Waals surface area contributed by atoms with Crippen LogP contribution in [0.5, 0.6) is 0 Å². The van der Waals surface area contributed by atoms with Gasteiger partial charge < -0.3 is 5.32 Å². The maximum absolute atomic E-state index is 12.4. The Labute approximate surface area is 156 Å². The minimum Gasteiger partial charge on any atom is -0.318 e. The van der Waals surface area contributed by atoms with E-state index < -0.39 is 0 Å². The standard InChI is InChI=1S/C22H18N2OS/c25-21(9-8-18-6-3-5-17-4-1-2-7-20(17)18)24-22-14-19(15-26-22)16-10-12-23-13-11-16/h1-7,10-15H,8-9H2,(H,24,25). The fraction of sp³-hybridized carbons (Fsp3) is 0.0909. The molecule has 0 saturated heterocycles. The van der Waals surface area contributed by atoms with Gasteiger partial charge >= 0.3 is 0 Å². The zero-order chi connectivity index (χ0) is 17.8. The average Bonchev–Trinajstić information content (AvgIpc) is 3.15. The first-order valence-electron chi connectivity index (χ1n) is 8.55. The normalized spacial score (nSPS) is 10.8. The van der Waals surface area contributed by atoms with Gasteiger partial charge in [-0.2, -0.15) is 0 Å². The molecule has 0 bridgehead atoms. The van der Waals surface area contributed by atoms with Crippen LogP contribution < -0.4 is 5.32 Å². The molecule has 0 radical (unpaired) electrons. The lowest BCUT2D eigenvalue weighted by atomic mass is 10.0. The van der Waals surface area contributed by atoms with Crippen molar-refractivity contribution in [1.29, 1.82) is 0 Å². The molecule has 128 valence electrons. The summed E-state index contributed by atoms with van der Waals surface area (Å²) in [6.45, 7) is 0. The van der Waals surface area contributed by atoms with Gasteiger partial charge in [0.05, 0.1) is 5.00 Å². The first-order chi connectivity index (χ1) is 12.8. The summed E-state index contributed by atoms with van der Waals surface area (Å²) < 4.78 is 0. The van der Waals surface area contributed by atoms with Crippen molar-refractivity contribution in [3.63, 3.8) is 0 Å². The van der Waals surface area contributed by atoms with Crippen molar-refractivity contribution in [2.75, 3.05) is 5.32 Å². The lowest BCUT2D eigenvalue weighted by Gasteiger charge is -2.06. The van der Waals surface area contributed by atoms with E-state index in [1.165, 1.54) is 16.3 Å². The lowest BCUT2D eigenvalue weighted by molar-refractivity contribution is -0.116. The van der Waals surface area contributed by atoms with Gasteiger partial charge in [0.1, 0.15) is 0 Å². The number of benzene rings is 2. The van der Waals surface area contributed by atoms with Crippen molar-refractivity contribution in [2.24, 2.45) is 0 Å². The number of hydrogen-bond acceptors (Lipinski definition) is 3. The van der Waals surface area contributed by atoms with Gasteiger partial charge in [0.15, 0.2) is 0 Å². The van der Waals surface area contributed by atoms with Crippen LogP contribution in [-0.2, 0) is 11.2 Å². The number of amides is 1. The van der Waals surface area contributed by atoms with Crippen LogP contribution in [0.2, 0.25) is 0 Å². The minimum atomic E-state index is 0.0427. The topological polar surface area (TPSA) is 42.0 Å². The molecule has 4 heteroatoms. The summed E-state index contributed by atoms with van der Waals surface area (Å²) in [5.41, 5.74) is 3.41. The summed E-state index contributed by atoms with van der Waals surface area (Å²) in [6, 6.07) is 20.5. The highest BCUT2D eigenvalue weighted by Gasteiger charge is 2.08. The maximum atomic E-state index is 12.4. The molecule has 3 nitrogen and oxygen atoms in total. The number of fused-ring (bicyclic) bond motifs is 1. The molecule has 0 atom stereocenters. The number of carbonyl (C=O) groups excluding carboxylic acids is 1. The van der Waals surface area contributed by atoms with E-state index in [9.17, 15) is 4.79 Å². The van der Waals surface area contributed by atoms with Crippen molar-refractivity contribution in [2.45, 2.75) is 12.8 Å². The summed E-state index contributed by atoms with van der Waals surface area (Å²) >= 11 is 1.54. The monoisotopic (exact) mass is 358 g/mol. The van der Waals surface area contributed by atoms with Crippen molar-refractivity contribution in [3.05, 3.63) is 84.0 Å². The maximum Gasteiger partial charge on any atom is 0.225 e. The van der Waals surface area contributed by atoms with E-state index in [4.69, 9.17) is 0 Å². The Bertz CT molecular complexity index is 1030. The number of anilines is 1. The lowest BCUT2D eigenvalue weighted by Crippen LogP contribution is -2.11. The molecule has 2 aromatic carbocycles. The molecule has 4 rings (SSSR count). The molecule has 0 saturated carbocycles. The second kappa shape index (κ2) is 7.50. The molecule has 2 heterocycles. The van der Waals surface area contributed by atoms with E-state index in [0.717, 1.165) is 22.5 Å². The van der Waals surface area contributed by atoms with Crippen molar-refractivity contribution in [3.8, 4) is 11.1 Å². The van der Waals surface area contributed by atoms with E-state index >= 15 is 0 Å². The second-order valence-electron chi connectivity index (χ2n) is 6.12. The fourth-order valence-corrected chi connectivity index (χ4v) is 3.88. The van der Waals surface area contributed by atoms with Crippen LogP contribution in [0.4, 0.5) is 5.00 Å². The number of nitrogens with zero attached hydrogens (tertiary/aromatic N) is 1. The molecular formula is C22H18N2OS. The third kappa shape index (κ3) is 3.65. The third-order valence-electron chi connectivity index (χ3n) is 4.38. The van der Waals surface area contributed by atoms with Gasteiger partial charge in [0.25, 0.3) is 0 Å². The first kappa shape index (κ1) is 16.5. The van der Waals surface area contributed by atoms with Crippen LogP contribution in [0.1, 0.15) is 12.0 Å². The van der Waals surface area contributed by atoms with Crippen LogP contribution in [0.3, 0.4) is 0 Å². The van der Waals surface area contributed by atoms with Gasteiger partial charge in [0, 0.05) is 24.2 Å². The summed E-state index contributed by atoms with van der Waals surface area (Å²) in [4.78, 5) is 16.4. The number of rotatable bonds is 5. The van der Waals surface area contributed by atoms with Crippen LogP contribution in [-0.4, -0.2) is 10.9 Å². The predicted octanol–water partition coefficient (Wildman–Crippen LogP) is 5.53. The van der Waals surface area contributed by atoms with E-state index in [1.807, 2.05) is 30.3 Å². The molecule has 1 N–H and O–H groups in total. The van der Waals surface area contributed by atoms with Crippen LogP contribution in [0.25, 0.3) is 21.9 Å². The Morgan fingerprint density at radius 1 is 0.962 bits per heavy atom. The fourth-order valence-electron chi connectivity index (χ4n) is 3.06. The molecule has 0 aliphatic carbocycles. The summed E-state index contributed by atoms with van der Waals surface area (Å²) in [5, 5.41) is 8.38. The molecule has 2 aromatic heterocycles. The Kier molecular flexibility index (Phi) is 4.75. The van der Waals surface area contributed by atoms with Crippen molar-refractivity contribution >= 4 is 33.0 Å². The highest BCUT2D eigenvalue weighted by atomic mass is 32.1. The second-order valence-corrected chi connectivity index (χ2v) is 7.03. The van der Waals surface area contributed by atoms with Gasteiger partial charge in [-0.25, -0.2) is 0 Å². The van der Waals surface area contributed by atoms with Crippen LogP contribution >= 0.6 is 11.3 Å². The number of nitrogens with one attached hydrogen (secondary N) is 1. The zero-order valence-corrected chi connectivity index (χ0v) is 15.0. The molecule has 0 spiro atoms. The Hall–Kier alpha value is -2.98. The molecule has 26 heavy (non-hydrogen) atoms. The first-order valence-corrected chi connectivity index (χ1v) is 9.43. The number of carbonyl (C=O) groups is 1. The Morgan fingerprint density at radius 2 is 1.77 bits per heavy atom. The predicted molar refractivity (Wildman–Crippen MR) is 108 cm³/mol. The van der Waals surface area contributed by atoms with Gasteiger partial charge in [-0.15, -0.1) is 11.3 Å². The average molecular weight is 358 g/mol. The Balaban J connectivity index is 1.41. The molecule has 0 unspecified atom stereocenters. The smallest absolute Gasteiger partial charge is 0.225 e. The minimum absolute atomic E-state index is 0.0427. The quantitative estimate of drug-likeness (QED) is 0.509. The van der Waals surface area contributed by atoms with Gasteiger partial charge in [0.2, 0.25) is 5.91 Å². The summed E-state index contributed by atoms with van der Waals surface area (Å²) in [6.07, 6.45) is 4.75. The van der Waals surface area contributed by atoms with E-state index in [-0.39, 0.29) is 5.91 Å². The summed E-state index contributed by atoms with van der Waals surface area (Å²) in [7, 11) is 0. The zero-order valence-electron chi connectivity index (χ0n) is 14.2. The van der Waals surface area contributed by atoms with Gasteiger partial charge in [-0.05, 0) is 52.1 Å².